The van der Waals surface area contributed by atoms with E-state index in [0.717, 1.165) is 12.1 Å². The summed E-state index contributed by atoms with van der Waals surface area (Å²) >= 11 is 0. The molecule has 0 aliphatic rings. The fourth-order valence-corrected chi connectivity index (χ4v) is 1.59. The zero-order valence-corrected chi connectivity index (χ0v) is 11.4. The fraction of sp³-hybridized carbons (Fsp3) is 0.583. The van der Waals surface area contributed by atoms with Gasteiger partial charge in [0.05, 0.1) is 5.56 Å². The maximum absolute atomic E-state index is 12.8. The topological polar surface area (TPSA) is 54.2 Å². The number of hydrazine groups is 1. The lowest BCUT2D eigenvalue weighted by Crippen LogP contribution is -2.34. The fourth-order valence-electron chi connectivity index (χ4n) is 1.59. The van der Waals surface area contributed by atoms with Crippen molar-refractivity contribution in [3.8, 4) is 0 Å². The van der Waals surface area contributed by atoms with Gasteiger partial charge in [-0.25, -0.2) is 10.8 Å². The van der Waals surface area contributed by atoms with Gasteiger partial charge in [0.2, 0.25) is 0 Å². The summed E-state index contributed by atoms with van der Waals surface area (Å²) in [4.78, 5) is 5.77. The van der Waals surface area contributed by atoms with Crippen molar-refractivity contribution in [3.63, 3.8) is 0 Å². The Morgan fingerprint density at radius 2 is 1.84 bits per heavy atom. The van der Waals surface area contributed by atoms with Crippen LogP contribution in [0.1, 0.15) is 26.3 Å². The Labute approximate surface area is 110 Å². The summed E-state index contributed by atoms with van der Waals surface area (Å²) in [6, 6.07) is 1.97. The molecule has 0 aliphatic heterocycles. The monoisotopic (exact) mass is 276 g/mol. The summed E-state index contributed by atoms with van der Waals surface area (Å²) in [6.07, 6.45) is -4.43. The number of nitrogens with one attached hydrogen (secondary N) is 1. The van der Waals surface area contributed by atoms with Gasteiger partial charge in [0.25, 0.3) is 0 Å². The van der Waals surface area contributed by atoms with E-state index in [-0.39, 0.29) is 23.6 Å². The van der Waals surface area contributed by atoms with Gasteiger partial charge in [0, 0.05) is 13.1 Å². The molecule has 1 rings (SSSR count). The molecule has 0 saturated carbocycles. The van der Waals surface area contributed by atoms with Gasteiger partial charge in [-0.15, -0.1) is 0 Å². The number of alkyl halides is 3. The maximum Gasteiger partial charge on any atom is 0.416 e. The second kappa shape index (κ2) is 5.64. The van der Waals surface area contributed by atoms with Crippen molar-refractivity contribution in [2.45, 2.75) is 33.0 Å². The van der Waals surface area contributed by atoms with Crippen LogP contribution in [0.2, 0.25) is 0 Å². The first-order valence-electron chi connectivity index (χ1n) is 5.95. The number of hydrogen-bond acceptors (Lipinski definition) is 4. The van der Waals surface area contributed by atoms with Crippen molar-refractivity contribution in [2.75, 3.05) is 17.4 Å². The van der Waals surface area contributed by atoms with Gasteiger partial charge in [0.1, 0.15) is 11.6 Å². The van der Waals surface area contributed by atoms with Gasteiger partial charge in [-0.05, 0) is 25.0 Å². The summed E-state index contributed by atoms with van der Waals surface area (Å²) < 4.78 is 38.4. The highest BCUT2D eigenvalue weighted by Gasteiger charge is 2.32. The normalized spacial score (nSPS) is 13.5. The molecule has 0 radical (unpaired) electrons. The molecule has 1 atom stereocenters. The molecule has 0 aromatic carbocycles. The number of aromatic nitrogens is 1. The molecule has 1 unspecified atom stereocenters. The highest BCUT2D eigenvalue weighted by molar-refractivity contribution is 5.51. The molecule has 0 amide bonds. The zero-order chi connectivity index (χ0) is 14.8. The Kier molecular flexibility index (Phi) is 4.62. The van der Waals surface area contributed by atoms with Crippen molar-refractivity contribution in [1.29, 1.82) is 0 Å². The van der Waals surface area contributed by atoms with Gasteiger partial charge in [-0.2, -0.15) is 13.2 Å². The largest absolute Gasteiger partial charge is 0.416 e. The minimum Gasteiger partial charge on any atom is -0.357 e. The van der Waals surface area contributed by atoms with E-state index in [4.69, 9.17) is 5.84 Å². The first-order chi connectivity index (χ1) is 8.66. The predicted molar refractivity (Wildman–Crippen MR) is 69.8 cm³/mol. The van der Waals surface area contributed by atoms with Crippen molar-refractivity contribution >= 4 is 11.6 Å². The Balaban J connectivity index is 3.20. The molecule has 19 heavy (non-hydrogen) atoms. The average Bonchev–Trinajstić information content (AvgIpc) is 2.35. The third-order valence-corrected chi connectivity index (χ3v) is 3.22. The van der Waals surface area contributed by atoms with Crippen LogP contribution < -0.4 is 16.2 Å². The lowest BCUT2D eigenvalue weighted by atomic mass is 10.1. The van der Waals surface area contributed by atoms with Gasteiger partial charge >= 0.3 is 6.18 Å². The van der Waals surface area contributed by atoms with Crippen LogP contribution in [0.4, 0.5) is 24.8 Å². The summed E-state index contributed by atoms with van der Waals surface area (Å²) in [5, 5.41) is 0. The molecular formula is C12H19F3N4. The van der Waals surface area contributed by atoms with Crippen LogP contribution in [-0.4, -0.2) is 18.1 Å². The highest BCUT2D eigenvalue weighted by atomic mass is 19.4. The minimum atomic E-state index is -4.43. The molecule has 7 heteroatoms. The SMILES string of the molecule is CC(C)C(C)N(C)c1cc(C(F)(F)F)cc(NN)n1. The van der Waals surface area contributed by atoms with E-state index >= 15 is 0 Å². The van der Waals surface area contributed by atoms with Crippen molar-refractivity contribution in [3.05, 3.63) is 17.7 Å². The Morgan fingerprint density at radius 3 is 2.26 bits per heavy atom. The minimum absolute atomic E-state index is 0.00682. The maximum atomic E-state index is 12.8. The zero-order valence-electron chi connectivity index (χ0n) is 11.4. The van der Waals surface area contributed by atoms with Crippen LogP contribution in [0.25, 0.3) is 0 Å². The van der Waals surface area contributed by atoms with Crippen molar-refractivity contribution in [2.24, 2.45) is 11.8 Å². The first-order valence-corrected chi connectivity index (χ1v) is 5.95. The van der Waals surface area contributed by atoms with E-state index in [1.165, 1.54) is 0 Å². The van der Waals surface area contributed by atoms with Gasteiger partial charge in [0.15, 0.2) is 0 Å². The quantitative estimate of drug-likeness (QED) is 0.656. The second-order valence-electron chi connectivity index (χ2n) is 4.84. The molecule has 1 aromatic rings. The van der Waals surface area contributed by atoms with E-state index in [9.17, 15) is 13.2 Å². The smallest absolute Gasteiger partial charge is 0.357 e. The summed E-state index contributed by atoms with van der Waals surface area (Å²) in [5.74, 6) is 5.69. The van der Waals surface area contributed by atoms with Gasteiger partial charge in [-0.1, -0.05) is 13.8 Å². The number of nitrogens with two attached hydrogens (primary N) is 1. The van der Waals surface area contributed by atoms with E-state index in [1.807, 2.05) is 20.8 Å². The first kappa shape index (κ1) is 15.6. The molecule has 4 nitrogen and oxygen atoms in total. The summed E-state index contributed by atoms with van der Waals surface area (Å²) in [6.45, 7) is 5.93. The average molecular weight is 276 g/mol. The van der Waals surface area contributed by atoms with Gasteiger partial charge < -0.3 is 10.3 Å². The molecule has 1 heterocycles. The Hall–Kier alpha value is -1.50. The van der Waals surface area contributed by atoms with Crippen LogP contribution in [-0.2, 0) is 6.18 Å². The number of nitrogen functional groups attached to an aromatic ring is 1. The highest BCUT2D eigenvalue weighted by Crippen LogP contribution is 2.33. The van der Waals surface area contributed by atoms with Crippen LogP contribution >= 0.6 is 0 Å². The lowest BCUT2D eigenvalue weighted by molar-refractivity contribution is -0.137. The van der Waals surface area contributed by atoms with Crippen LogP contribution in [0, 0.1) is 5.92 Å². The Morgan fingerprint density at radius 1 is 1.26 bits per heavy atom. The molecule has 0 spiro atoms. The van der Waals surface area contributed by atoms with Crippen molar-refractivity contribution < 1.29 is 13.2 Å². The van der Waals surface area contributed by atoms with Gasteiger partial charge in [-0.3, -0.25) is 0 Å². The van der Waals surface area contributed by atoms with Crippen molar-refractivity contribution in [1.82, 2.24) is 4.98 Å². The number of halogens is 3. The molecule has 108 valence electrons. The van der Waals surface area contributed by atoms with E-state index in [0.29, 0.717) is 0 Å². The lowest BCUT2D eigenvalue weighted by Gasteiger charge is -2.29. The Bertz CT molecular complexity index is 431. The summed E-state index contributed by atoms with van der Waals surface area (Å²) in [5.41, 5.74) is 1.39. The second-order valence-corrected chi connectivity index (χ2v) is 4.84. The molecule has 0 saturated heterocycles. The number of pyridine rings is 1. The number of rotatable bonds is 4. The standard InChI is InChI=1S/C12H19F3N4/c1-7(2)8(3)19(4)11-6-9(12(13,14)15)5-10(17-11)18-16/h5-8H,16H2,1-4H3,(H,17,18). The van der Waals surface area contributed by atoms with Crippen LogP contribution in [0.3, 0.4) is 0 Å². The molecule has 3 N–H and O–H groups in total. The molecule has 0 bridgehead atoms. The molecular weight excluding hydrogens is 257 g/mol. The van der Waals surface area contributed by atoms with Crippen LogP contribution in [0.5, 0.6) is 0 Å². The van der Waals surface area contributed by atoms with E-state index in [2.05, 4.69) is 10.4 Å². The third-order valence-electron chi connectivity index (χ3n) is 3.22. The number of hydrogen-bond donors (Lipinski definition) is 2. The van der Waals surface area contributed by atoms with E-state index in [1.54, 1.807) is 11.9 Å². The predicted octanol–water partition coefficient (Wildman–Crippen LogP) is 2.87. The number of nitrogens with zero attached hydrogens (tertiary/aromatic N) is 2. The molecule has 0 fully saturated rings. The summed E-state index contributed by atoms with van der Waals surface area (Å²) in [7, 11) is 1.72. The van der Waals surface area contributed by atoms with Crippen LogP contribution in [0.15, 0.2) is 12.1 Å². The third kappa shape index (κ3) is 3.73. The molecule has 0 aliphatic carbocycles. The van der Waals surface area contributed by atoms with E-state index < -0.39 is 11.7 Å². The molecule has 1 aromatic heterocycles. The number of anilines is 2.